The Hall–Kier alpha value is -0.610. The summed E-state index contributed by atoms with van der Waals surface area (Å²) in [7, 11) is 0. The van der Waals surface area contributed by atoms with Gasteiger partial charge in [0, 0.05) is 25.7 Å². The van der Waals surface area contributed by atoms with Crippen LogP contribution in [0.25, 0.3) is 0 Å². The monoisotopic (exact) mass is 225 g/mol. The van der Waals surface area contributed by atoms with Crippen molar-refractivity contribution in [3.05, 3.63) is 0 Å². The highest BCUT2D eigenvalue weighted by Crippen LogP contribution is 2.21. The van der Waals surface area contributed by atoms with Gasteiger partial charge >= 0.3 is 0 Å². The first kappa shape index (κ1) is 11.9. The fraction of sp³-hybridized carbons (Fsp3) is 0.917. The minimum absolute atomic E-state index is 0.149. The van der Waals surface area contributed by atoms with Crippen LogP contribution in [0.15, 0.2) is 0 Å². The molecule has 0 aromatic heterocycles. The van der Waals surface area contributed by atoms with Crippen molar-refractivity contribution in [3.8, 4) is 0 Å². The van der Waals surface area contributed by atoms with Crippen LogP contribution in [0, 0.1) is 0 Å². The van der Waals surface area contributed by atoms with Crippen LogP contribution in [0.4, 0.5) is 0 Å². The van der Waals surface area contributed by atoms with E-state index < -0.39 is 0 Å². The Morgan fingerprint density at radius 3 is 2.88 bits per heavy atom. The number of amides is 1. The molecule has 2 aliphatic heterocycles. The van der Waals surface area contributed by atoms with Gasteiger partial charge in [-0.3, -0.25) is 9.69 Å². The standard InChI is InChI=1S/C12H23N3O/c1-2-11(13)12(16)15-8-4-7-14-6-3-5-10(14)9-15/h10-11H,2-9,13H2,1H3/t10?,11-/m0/s1. The molecule has 2 fully saturated rings. The lowest BCUT2D eigenvalue weighted by Gasteiger charge is -2.27. The third-order valence-electron chi connectivity index (χ3n) is 3.87. The van der Waals surface area contributed by atoms with Crippen molar-refractivity contribution in [1.29, 1.82) is 0 Å². The Kier molecular flexibility index (Phi) is 3.82. The molecule has 1 amide bonds. The highest BCUT2D eigenvalue weighted by Gasteiger charge is 2.31. The van der Waals surface area contributed by atoms with Crippen molar-refractivity contribution in [3.63, 3.8) is 0 Å². The summed E-state index contributed by atoms with van der Waals surface area (Å²) in [5.74, 6) is 0.149. The number of fused-ring (bicyclic) bond motifs is 1. The topological polar surface area (TPSA) is 49.6 Å². The predicted molar refractivity (Wildman–Crippen MR) is 64.1 cm³/mol. The second kappa shape index (κ2) is 5.15. The molecule has 0 radical (unpaired) electrons. The third kappa shape index (κ3) is 2.38. The van der Waals surface area contributed by atoms with Crippen LogP contribution >= 0.6 is 0 Å². The minimum atomic E-state index is -0.298. The van der Waals surface area contributed by atoms with Crippen molar-refractivity contribution in [2.24, 2.45) is 5.73 Å². The molecule has 4 nitrogen and oxygen atoms in total. The van der Waals surface area contributed by atoms with Crippen molar-refractivity contribution >= 4 is 5.91 Å². The average Bonchev–Trinajstić information content (AvgIpc) is 2.64. The molecule has 2 N–H and O–H groups in total. The molecule has 0 aromatic rings. The van der Waals surface area contributed by atoms with Crippen LogP contribution in [0.2, 0.25) is 0 Å². The molecule has 0 bridgehead atoms. The predicted octanol–water partition coefficient (Wildman–Crippen LogP) is 0.420. The molecule has 0 saturated carbocycles. The SMILES string of the molecule is CC[C@H](N)C(=O)N1CCCN2CCCC2C1. The van der Waals surface area contributed by atoms with E-state index in [1.54, 1.807) is 0 Å². The molecule has 0 aliphatic carbocycles. The van der Waals surface area contributed by atoms with Gasteiger partial charge in [-0.25, -0.2) is 0 Å². The molecule has 2 atom stereocenters. The smallest absolute Gasteiger partial charge is 0.239 e. The van der Waals surface area contributed by atoms with E-state index in [9.17, 15) is 4.79 Å². The highest BCUT2D eigenvalue weighted by atomic mass is 16.2. The molecule has 92 valence electrons. The summed E-state index contributed by atoms with van der Waals surface area (Å²) >= 11 is 0. The van der Waals surface area contributed by atoms with Crippen molar-refractivity contribution in [1.82, 2.24) is 9.80 Å². The fourth-order valence-electron chi connectivity index (χ4n) is 2.82. The normalized spacial score (nSPS) is 28.6. The Labute approximate surface area is 97.8 Å². The zero-order valence-corrected chi connectivity index (χ0v) is 10.2. The summed E-state index contributed by atoms with van der Waals surface area (Å²) in [5.41, 5.74) is 5.83. The molecule has 2 saturated heterocycles. The number of rotatable bonds is 2. The number of carbonyl (C=O) groups excluding carboxylic acids is 1. The Morgan fingerprint density at radius 1 is 1.38 bits per heavy atom. The lowest BCUT2D eigenvalue weighted by molar-refractivity contribution is -0.132. The van der Waals surface area contributed by atoms with E-state index in [4.69, 9.17) is 5.73 Å². The fourth-order valence-corrected chi connectivity index (χ4v) is 2.82. The maximum atomic E-state index is 12.1. The first-order valence-corrected chi connectivity index (χ1v) is 6.50. The van der Waals surface area contributed by atoms with Gasteiger partial charge in [0.05, 0.1) is 6.04 Å². The number of nitrogens with two attached hydrogens (primary N) is 1. The summed E-state index contributed by atoms with van der Waals surface area (Å²) in [6.07, 6.45) is 4.36. The molecule has 16 heavy (non-hydrogen) atoms. The van der Waals surface area contributed by atoms with E-state index in [1.165, 1.54) is 19.4 Å². The molecule has 1 unspecified atom stereocenters. The van der Waals surface area contributed by atoms with Crippen LogP contribution < -0.4 is 5.73 Å². The molecule has 4 heteroatoms. The Morgan fingerprint density at radius 2 is 2.12 bits per heavy atom. The Bertz CT molecular complexity index is 257. The zero-order chi connectivity index (χ0) is 11.5. The molecular weight excluding hydrogens is 202 g/mol. The third-order valence-corrected chi connectivity index (χ3v) is 3.87. The van der Waals surface area contributed by atoms with E-state index in [0.29, 0.717) is 6.04 Å². The van der Waals surface area contributed by atoms with Gasteiger partial charge in [0.1, 0.15) is 0 Å². The zero-order valence-electron chi connectivity index (χ0n) is 10.2. The molecule has 2 rings (SSSR count). The quantitative estimate of drug-likeness (QED) is 0.741. The number of hydrogen-bond donors (Lipinski definition) is 1. The van der Waals surface area contributed by atoms with Crippen molar-refractivity contribution in [2.75, 3.05) is 26.2 Å². The van der Waals surface area contributed by atoms with Gasteiger partial charge in [-0.15, -0.1) is 0 Å². The van der Waals surface area contributed by atoms with Crippen molar-refractivity contribution < 1.29 is 4.79 Å². The van der Waals surface area contributed by atoms with Gasteiger partial charge in [-0.1, -0.05) is 6.92 Å². The van der Waals surface area contributed by atoms with Gasteiger partial charge in [0.25, 0.3) is 0 Å². The van der Waals surface area contributed by atoms with E-state index in [0.717, 1.165) is 32.5 Å². The number of hydrogen-bond acceptors (Lipinski definition) is 3. The van der Waals surface area contributed by atoms with Crippen LogP contribution in [-0.2, 0) is 4.79 Å². The van der Waals surface area contributed by atoms with Crippen LogP contribution in [-0.4, -0.2) is 54.0 Å². The molecule has 0 aromatic carbocycles. The van der Waals surface area contributed by atoms with Gasteiger partial charge in [-0.2, -0.15) is 0 Å². The van der Waals surface area contributed by atoms with E-state index >= 15 is 0 Å². The molecule has 0 spiro atoms. The summed E-state index contributed by atoms with van der Waals surface area (Å²) in [4.78, 5) is 16.6. The largest absolute Gasteiger partial charge is 0.340 e. The van der Waals surface area contributed by atoms with Gasteiger partial charge in [0.2, 0.25) is 5.91 Å². The average molecular weight is 225 g/mol. The second-order valence-electron chi connectivity index (χ2n) is 4.98. The number of carbonyl (C=O) groups is 1. The first-order chi connectivity index (χ1) is 7.72. The lowest BCUT2D eigenvalue weighted by atomic mass is 10.1. The maximum absolute atomic E-state index is 12.1. The van der Waals surface area contributed by atoms with Crippen LogP contribution in [0.1, 0.15) is 32.6 Å². The molecular formula is C12H23N3O. The molecule has 2 aliphatic rings. The van der Waals surface area contributed by atoms with Crippen molar-refractivity contribution in [2.45, 2.75) is 44.7 Å². The molecule has 2 heterocycles. The summed E-state index contributed by atoms with van der Waals surface area (Å²) in [6, 6.07) is 0.295. The minimum Gasteiger partial charge on any atom is -0.340 e. The van der Waals surface area contributed by atoms with E-state index in [2.05, 4.69) is 4.90 Å². The Balaban J connectivity index is 1.97. The lowest BCUT2D eigenvalue weighted by Crippen LogP contribution is -2.46. The van der Waals surface area contributed by atoms with Gasteiger partial charge < -0.3 is 10.6 Å². The van der Waals surface area contributed by atoms with Gasteiger partial charge in [-0.05, 0) is 32.2 Å². The highest BCUT2D eigenvalue weighted by molar-refractivity contribution is 5.81. The van der Waals surface area contributed by atoms with Crippen LogP contribution in [0.5, 0.6) is 0 Å². The second-order valence-corrected chi connectivity index (χ2v) is 4.98. The van der Waals surface area contributed by atoms with E-state index in [1.807, 2.05) is 11.8 Å². The summed E-state index contributed by atoms with van der Waals surface area (Å²) in [6.45, 7) is 6.12. The maximum Gasteiger partial charge on any atom is 0.239 e. The summed E-state index contributed by atoms with van der Waals surface area (Å²) < 4.78 is 0. The van der Waals surface area contributed by atoms with Crippen LogP contribution in [0.3, 0.4) is 0 Å². The summed E-state index contributed by atoms with van der Waals surface area (Å²) in [5, 5.41) is 0. The van der Waals surface area contributed by atoms with E-state index in [-0.39, 0.29) is 11.9 Å². The van der Waals surface area contributed by atoms with Gasteiger partial charge in [0.15, 0.2) is 0 Å². The number of nitrogens with zero attached hydrogens (tertiary/aromatic N) is 2. The first-order valence-electron chi connectivity index (χ1n) is 6.50.